The molecule has 1 heterocycles. The molecule has 0 aromatic rings. The van der Waals surface area contributed by atoms with Gasteiger partial charge < -0.3 is 15.2 Å². The van der Waals surface area contributed by atoms with Crippen molar-refractivity contribution in [2.75, 3.05) is 0 Å². The van der Waals surface area contributed by atoms with E-state index in [-0.39, 0.29) is 0 Å². The molecule has 1 saturated heterocycles. The quantitative estimate of drug-likeness (QED) is 0.723. The van der Waals surface area contributed by atoms with E-state index in [1.165, 1.54) is 0 Å². The van der Waals surface area contributed by atoms with Crippen LogP contribution in [0.2, 0.25) is 0 Å². The minimum atomic E-state index is -0.989. The molecular formula is C14H18ClNO3. The molecule has 0 spiro atoms. The predicted octanol–water partition coefficient (Wildman–Crippen LogP) is 2.00. The van der Waals surface area contributed by atoms with Crippen molar-refractivity contribution in [2.24, 2.45) is 0 Å². The Hall–Kier alpha value is -1.26. The van der Waals surface area contributed by atoms with E-state index >= 15 is 0 Å². The van der Waals surface area contributed by atoms with Gasteiger partial charge in [-0.2, -0.15) is 0 Å². The molecule has 0 radical (unpaired) electrons. The summed E-state index contributed by atoms with van der Waals surface area (Å²) >= 11 is 6.12. The zero-order valence-corrected chi connectivity index (χ0v) is 12.0. The second kappa shape index (κ2) is 5.02. The first-order valence-corrected chi connectivity index (χ1v) is 6.61. The van der Waals surface area contributed by atoms with E-state index in [1.54, 1.807) is 26.8 Å². The number of carbonyl (C=O) groups excluding carboxylic acids is 1. The van der Waals surface area contributed by atoms with Gasteiger partial charge in [0.15, 0.2) is 6.04 Å². The fourth-order valence-electron chi connectivity index (χ4n) is 2.09. The molecule has 4 nitrogen and oxygen atoms in total. The maximum Gasteiger partial charge on any atom is 0.332 e. The number of hydrogen-bond donors (Lipinski definition) is 2. The highest BCUT2D eigenvalue weighted by molar-refractivity contribution is 6.32. The zero-order chi connectivity index (χ0) is 14.2. The fraction of sp³-hybridized carbons (Fsp3) is 0.500. The van der Waals surface area contributed by atoms with Gasteiger partial charge in [0.2, 0.25) is 0 Å². The normalized spacial score (nSPS) is 26.5. The van der Waals surface area contributed by atoms with E-state index < -0.39 is 23.7 Å². The van der Waals surface area contributed by atoms with Crippen LogP contribution in [0.1, 0.15) is 27.2 Å². The van der Waals surface area contributed by atoms with E-state index in [0.29, 0.717) is 22.7 Å². The maximum atomic E-state index is 12.1. The fourth-order valence-corrected chi connectivity index (χ4v) is 2.39. The van der Waals surface area contributed by atoms with Crippen molar-refractivity contribution in [1.82, 2.24) is 5.32 Å². The van der Waals surface area contributed by atoms with Crippen molar-refractivity contribution in [2.45, 2.75) is 44.9 Å². The van der Waals surface area contributed by atoms with E-state index in [9.17, 15) is 9.90 Å². The Morgan fingerprint density at radius 3 is 2.84 bits per heavy atom. The van der Waals surface area contributed by atoms with Crippen molar-refractivity contribution >= 4 is 17.6 Å². The van der Waals surface area contributed by atoms with Gasteiger partial charge in [0.05, 0.1) is 0 Å². The van der Waals surface area contributed by atoms with E-state index in [2.05, 4.69) is 5.32 Å². The first-order valence-electron chi connectivity index (χ1n) is 6.24. The second-order valence-electron chi connectivity index (χ2n) is 5.62. The highest BCUT2D eigenvalue weighted by Gasteiger charge is 2.41. The van der Waals surface area contributed by atoms with Crippen molar-refractivity contribution in [1.29, 1.82) is 0 Å². The van der Waals surface area contributed by atoms with Crippen LogP contribution in [-0.4, -0.2) is 28.8 Å². The summed E-state index contributed by atoms with van der Waals surface area (Å²) in [6.45, 7) is 5.37. The van der Waals surface area contributed by atoms with Crippen LogP contribution in [-0.2, 0) is 9.53 Å². The number of aliphatic hydroxyl groups is 1. The molecule has 1 fully saturated rings. The average Bonchev–Trinajstić information content (AvgIpc) is 2.47. The number of nitrogens with one attached hydrogen (secondary N) is 1. The number of aliphatic hydroxyl groups excluding tert-OH is 1. The molecule has 1 aliphatic heterocycles. The van der Waals surface area contributed by atoms with Crippen LogP contribution in [0, 0.1) is 0 Å². The Labute approximate surface area is 117 Å². The first-order chi connectivity index (χ1) is 8.79. The summed E-state index contributed by atoms with van der Waals surface area (Å²) in [6, 6.07) is -0.805. The SMILES string of the molecule is CC(C)(C)OC(=O)C1NC2=CCC=CC(Cl)=C2C1O. The largest absolute Gasteiger partial charge is 0.458 e. The van der Waals surface area contributed by atoms with Crippen LogP contribution >= 0.6 is 11.6 Å². The molecule has 0 aromatic heterocycles. The molecule has 0 saturated carbocycles. The van der Waals surface area contributed by atoms with Crippen molar-refractivity contribution in [3.63, 3.8) is 0 Å². The van der Waals surface area contributed by atoms with Crippen molar-refractivity contribution in [3.05, 3.63) is 34.5 Å². The molecule has 0 bridgehead atoms. The first kappa shape index (κ1) is 14.2. The van der Waals surface area contributed by atoms with Crippen LogP contribution in [0.5, 0.6) is 0 Å². The Kier molecular flexibility index (Phi) is 3.74. The number of halogens is 1. The van der Waals surface area contributed by atoms with Gasteiger partial charge in [-0.3, -0.25) is 0 Å². The van der Waals surface area contributed by atoms with Crippen LogP contribution in [0.15, 0.2) is 34.5 Å². The Balaban J connectivity index is 2.24. The standard InChI is InChI=1S/C14H18ClNO3/c1-14(2,3)19-13(18)11-12(17)10-8(15)6-4-5-7-9(10)16-11/h4,6-7,11-12,16-17H,5H2,1-3H3. The van der Waals surface area contributed by atoms with E-state index in [0.717, 1.165) is 0 Å². The van der Waals surface area contributed by atoms with Crippen LogP contribution in [0.3, 0.4) is 0 Å². The molecule has 2 N–H and O–H groups in total. The number of esters is 1. The van der Waals surface area contributed by atoms with Gasteiger partial charge in [-0.15, -0.1) is 0 Å². The molecule has 104 valence electrons. The number of fused-ring (bicyclic) bond motifs is 1. The molecule has 2 rings (SSSR count). The topological polar surface area (TPSA) is 58.6 Å². The second-order valence-corrected chi connectivity index (χ2v) is 6.02. The Bertz CT molecular complexity index is 485. The lowest BCUT2D eigenvalue weighted by Crippen LogP contribution is -2.42. The number of carbonyl (C=O) groups is 1. The lowest BCUT2D eigenvalue weighted by molar-refractivity contribution is -0.158. The smallest absolute Gasteiger partial charge is 0.332 e. The van der Waals surface area contributed by atoms with Crippen molar-refractivity contribution in [3.8, 4) is 0 Å². The molecule has 1 aliphatic carbocycles. The van der Waals surface area contributed by atoms with E-state index in [4.69, 9.17) is 16.3 Å². The monoisotopic (exact) mass is 283 g/mol. The molecule has 0 amide bonds. The Morgan fingerprint density at radius 2 is 2.21 bits per heavy atom. The van der Waals surface area contributed by atoms with Gasteiger partial charge in [0.25, 0.3) is 0 Å². The average molecular weight is 284 g/mol. The van der Waals surface area contributed by atoms with Gasteiger partial charge in [-0.25, -0.2) is 4.79 Å². The molecule has 2 aliphatic rings. The molecule has 19 heavy (non-hydrogen) atoms. The third kappa shape index (κ3) is 3.01. The van der Waals surface area contributed by atoms with Gasteiger partial charge in [0.1, 0.15) is 11.7 Å². The maximum absolute atomic E-state index is 12.1. The lowest BCUT2D eigenvalue weighted by atomic mass is 10.1. The van der Waals surface area contributed by atoms with Gasteiger partial charge in [-0.1, -0.05) is 23.8 Å². The molecule has 2 unspecified atom stereocenters. The number of rotatable bonds is 1. The van der Waals surface area contributed by atoms with Crippen LogP contribution in [0.25, 0.3) is 0 Å². The molecule has 0 aromatic carbocycles. The minimum absolute atomic E-state index is 0.454. The summed E-state index contributed by atoms with van der Waals surface area (Å²) in [4.78, 5) is 12.1. The lowest BCUT2D eigenvalue weighted by Gasteiger charge is -2.23. The summed E-state index contributed by atoms with van der Waals surface area (Å²) in [7, 11) is 0. The number of ether oxygens (including phenoxy) is 1. The molecule has 5 heteroatoms. The van der Waals surface area contributed by atoms with Crippen LogP contribution in [0.4, 0.5) is 0 Å². The summed E-state index contributed by atoms with van der Waals surface area (Å²) in [5.74, 6) is -0.477. The zero-order valence-electron chi connectivity index (χ0n) is 11.2. The third-order valence-corrected chi connectivity index (χ3v) is 3.18. The summed E-state index contributed by atoms with van der Waals surface area (Å²) in [5.41, 5.74) is 0.680. The third-order valence-electron chi connectivity index (χ3n) is 2.85. The predicted molar refractivity (Wildman–Crippen MR) is 73.5 cm³/mol. The number of hydrogen-bond acceptors (Lipinski definition) is 4. The van der Waals surface area contributed by atoms with Crippen LogP contribution < -0.4 is 5.32 Å². The van der Waals surface area contributed by atoms with Gasteiger partial charge in [-0.05, 0) is 33.3 Å². The highest BCUT2D eigenvalue weighted by Crippen LogP contribution is 2.32. The summed E-state index contributed by atoms with van der Waals surface area (Å²) in [6.07, 6.45) is 5.25. The minimum Gasteiger partial charge on any atom is -0.458 e. The molecule has 2 atom stereocenters. The van der Waals surface area contributed by atoms with Gasteiger partial charge >= 0.3 is 5.97 Å². The Morgan fingerprint density at radius 1 is 1.53 bits per heavy atom. The summed E-state index contributed by atoms with van der Waals surface area (Å²) in [5, 5.41) is 13.7. The van der Waals surface area contributed by atoms with Gasteiger partial charge in [0, 0.05) is 16.3 Å². The molecular weight excluding hydrogens is 266 g/mol. The number of allylic oxidation sites excluding steroid dienone is 4. The van der Waals surface area contributed by atoms with Crippen molar-refractivity contribution < 1.29 is 14.6 Å². The van der Waals surface area contributed by atoms with E-state index in [1.807, 2.05) is 12.2 Å². The summed E-state index contributed by atoms with van der Waals surface area (Å²) < 4.78 is 5.29. The highest BCUT2D eigenvalue weighted by atomic mass is 35.5.